The molecule has 3 fully saturated rings. The molecular weight excluding hydrogens is 565 g/mol. The summed E-state index contributed by atoms with van der Waals surface area (Å²) in [6, 6.07) is 7.99. The topological polar surface area (TPSA) is 71.2 Å². The van der Waals surface area contributed by atoms with E-state index in [4.69, 9.17) is 4.42 Å². The summed E-state index contributed by atoms with van der Waals surface area (Å²) in [5.74, 6) is -1.77. The van der Waals surface area contributed by atoms with Gasteiger partial charge in [0.15, 0.2) is 0 Å². The lowest BCUT2D eigenvalue weighted by Crippen LogP contribution is -2.43. The molecule has 0 amide bonds. The highest BCUT2D eigenvalue weighted by Crippen LogP contribution is 2.54. The fourth-order valence-electron chi connectivity index (χ4n) is 5.22. The first kappa shape index (κ1) is 23.1. The van der Waals surface area contributed by atoms with Gasteiger partial charge in [-0.3, -0.25) is 0 Å². The Morgan fingerprint density at radius 3 is 2.43 bits per heavy atom. The number of hydrogen-bond acceptors (Lipinski definition) is 7. The minimum Gasteiger partial charge on any atom is -0.415 e. The zero-order valence-electron chi connectivity index (χ0n) is 19.6. The first-order chi connectivity index (χ1) is 16.8. The Morgan fingerprint density at radius 2 is 1.69 bits per heavy atom. The molecular formula is C25H27F2IN6O. The van der Waals surface area contributed by atoms with E-state index in [9.17, 15) is 8.78 Å². The molecule has 7 nitrogen and oxygen atoms in total. The van der Waals surface area contributed by atoms with Gasteiger partial charge in [0.1, 0.15) is 5.69 Å². The van der Waals surface area contributed by atoms with Crippen LogP contribution in [0, 0.1) is 15.9 Å². The van der Waals surface area contributed by atoms with Crippen molar-refractivity contribution in [2.75, 3.05) is 36.0 Å². The van der Waals surface area contributed by atoms with E-state index in [-0.39, 0.29) is 24.8 Å². The largest absolute Gasteiger partial charge is 0.415 e. The Bertz CT molecular complexity index is 1250. The molecule has 4 heterocycles. The van der Waals surface area contributed by atoms with Crippen molar-refractivity contribution >= 4 is 34.2 Å². The minimum atomic E-state index is -2.74. The van der Waals surface area contributed by atoms with Crippen molar-refractivity contribution in [3.8, 4) is 23.0 Å². The van der Waals surface area contributed by atoms with Crippen LogP contribution in [0.2, 0.25) is 0 Å². The van der Waals surface area contributed by atoms with Crippen LogP contribution in [0.3, 0.4) is 0 Å². The van der Waals surface area contributed by atoms with Crippen molar-refractivity contribution < 1.29 is 13.2 Å². The maximum atomic E-state index is 14.0. The number of aryl methyl sites for hydroxylation is 1. The van der Waals surface area contributed by atoms with Crippen molar-refractivity contribution in [3.63, 3.8) is 0 Å². The van der Waals surface area contributed by atoms with Crippen LogP contribution in [0.15, 0.2) is 28.7 Å². The Morgan fingerprint density at radius 1 is 0.914 bits per heavy atom. The van der Waals surface area contributed by atoms with E-state index in [1.54, 1.807) is 6.07 Å². The SMILES string of the molecule is Cc1cc(-c2nnc(-c3ccc(I)cc3N3CCC4(CC3)CC4)o2)nc(N2CCCC(F)(F)C2)n1. The number of rotatable bonds is 4. The molecule has 0 N–H and O–H groups in total. The smallest absolute Gasteiger partial charge is 0.266 e. The van der Waals surface area contributed by atoms with E-state index >= 15 is 0 Å². The summed E-state index contributed by atoms with van der Waals surface area (Å²) >= 11 is 2.33. The lowest BCUT2D eigenvalue weighted by molar-refractivity contribution is -0.0120. The third kappa shape index (κ3) is 4.73. The van der Waals surface area contributed by atoms with E-state index < -0.39 is 5.92 Å². The van der Waals surface area contributed by atoms with E-state index in [0.717, 1.165) is 27.9 Å². The predicted octanol–water partition coefficient (Wildman–Crippen LogP) is 5.72. The van der Waals surface area contributed by atoms with Gasteiger partial charge in [0.2, 0.25) is 11.8 Å². The Labute approximate surface area is 216 Å². The summed E-state index contributed by atoms with van der Waals surface area (Å²) in [5.41, 5.74) is 3.71. The van der Waals surface area contributed by atoms with Gasteiger partial charge >= 0.3 is 0 Å². The first-order valence-electron chi connectivity index (χ1n) is 12.2. The average molecular weight is 592 g/mol. The Kier molecular flexibility index (Phi) is 5.69. The standard InChI is InChI=1S/C25H27F2IN6O/c1-16-13-19(30-23(29-16)34-10-2-5-25(26,27)15-34)22-32-31-21(35-22)18-4-3-17(28)14-20(18)33-11-8-24(6-7-24)9-12-33/h3-4,13-14H,2,5-12,15H2,1H3. The predicted molar refractivity (Wildman–Crippen MR) is 138 cm³/mol. The monoisotopic (exact) mass is 592 g/mol. The highest BCUT2D eigenvalue weighted by Gasteiger charge is 2.44. The summed E-state index contributed by atoms with van der Waals surface area (Å²) in [6.45, 7) is 3.99. The quantitative estimate of drug-likeness (QED) is 0.359. The maximum absolute atomic E-state index is 14.0. The summed E-state index contributed by atoms with van der Waals surface area (Å²) in [7, 11) is 0. The van der Waals surface area contributed by atoms with Gasteiger partial charge in [0, 0.05) is 35.3 Å². The fraction of sp³-hybridized carbons (Fsp3) is 0.520. The van der Waals surface area contributed by atoms with Crippen molar-refractivity contribution in [3.05, 3.63) is 33.5 Å². The number of piperidine rings is 2. The molecule has 1 aliphatic carbocycles. The zero-order chi connectivity index (χ0) is 24.2. The number of nitrogens with zero attached hydrogens (tertiary/aromatic N) is 6. The molecule has 1 spiro atoms. The molecule has 10 heteroatoms. The number of hydrogen-bond donors (Lipinski definition) is 0. The molecule has 0 unspecified atom stereocenters. The van der Waals surface area contributed by atoms with Gasteiger partial charge in [0.25, 0.3) is 11.8 Å². The molecule has 2 aromatic heterocycles. The number of aromatic nitrogens is 4. The molecule has 1 aromatic carbocycles. The van der Waals surface area contributed by atoms with E-state index in [0.29, 0.717) is 35.7 Å². The zero-order valence-corrected chi connectivity index (χ0v) is 21.8. The number of alkyl halides is 2. The lowest BCUT2D eigenvalue weighted by Gasteiger charge is -2.34. The summed E-state index contributed by atoms with van der Waals surface area (Å²) in [5, 5.41) is 8.61. The second-order valence-corrected chi connectivity index (χ2v) is 11.4. The van der Waals surface area contributed by atoms with Crippen molar-refractivity contribution in [1.82, 2.24) is 20.2 Å². The molecule has 2 saturated heterocycles. The Hall–Kier alpha value is -2.37. The minimum absolute atomic E-state index is 0.106. The van der Waals surface area contributed by atoms with Crippen LogP contribution in [0.25, 0.3) is 23.0 Å². The van der Waals surface area contributed by atoms with Crippen LogP contribution in [-0.4, -0.2) is 52.3 Å². The van der Waals surface area contributed by atoms with Crippen molar-refractivity contribution in [1.29, 1.82) is 0 Å². The first-order valence-corrected chi connectivity index (χ1v) is 13.2. The normalized spacial score (nSPS) is 20.9. The van der Waals surface area contributed by atoms with Gasteiger partial charge < -0.3 is 14.2 Å². The van der Waals surface area contributed by atoms with Crippen LogP contribution < -0.4 is 9.80 Å². The van der Waals surface area contributed by atoms with Gasteiger partial charge in [-0.05, 0) is 91.3 Å². The van der Waals surface area contributed by atoms with Gasteiger partial charge in [-0.1, -0.05) is 0 Å². The van der Waals surface area contributed by atoms with Gasteiger partial charge in [0.05, 0.1) is 17.8 Å². The van der Waals surface area contributed by atoms with Crippen molar-refractivity contribution in [2.24, 2.45) is 5.41 Å². The van der Waals surface area contributed by atoms with Crippen LogP contribution in [0.5, 0.6) is 0 Å². The molecule has 2 aliphatic heterocycles. The van der Waals surface area contributed by atoms with Crippen LogP contribution in [0.4, 0.5) is 20.4 Å². The molecule has 0 atom stereocenters. The molecule has 35 heavy (non-hydrogen) atoms. The van der Waals surface area contributed by atoms with Gasteiger partial charge in [-0.2, -0.15) is 0 Å². The molecule has 6 rings (SSSR count). The fourth-order valence-corrected chi connectivity index (χ4v) is 5.70. The summed E-state index contributed by atoms with van der Waals surface area (Å²) in [6.07, 6.45) is 5.48. The third-order valence-electron chi connectivity index (χ3n) is 7.47. The van der Waals surface area contributed by atoms with E-state index in [2.05, 4.69) is 53.7 Å². The summed E-state index contributed by atoms with van der Waals surface area (Å²) in [4.78, 5) is 12.9. The number of halogens is 3. The van der Waals surface area contributed by atoms with Crippen LogP contribution in [0.1, 0.15) is 44.2 Å². The molecule has 3 aromatic rings. The molecule has 0 bridgehead atoms. The lowest BCUT2D eigenvalue weighted by atomic mass is 9.93. The number of anilines is 2. The van der Waals surface area contributed by atoms with Gasteiger partial charge in [-0.15, -0.1) is 10.2 Å². The van der Waals surface area contributed by atoms with E-state index in [1.165, 1.54) is 30.6 Å². The molecule has 3 aliphatic rings. The van der Waals surface area contributed by atoms with E-state index in [1.807, 2.05) is 19.1 Å². The summed E-state index contributed by atoms with van der Waals surface area (Å²) < 4.78 is 35.2. The molecule has 184 valence electrons. The molecule has 1 saturated carbocycles. The third-order valence-corrected chi connectivity index (χ3v) is 8.15. The number of benzene rings is 1. The van der Waals surface area contributed by atoms with Crippen LogP contribution >= 0.6 is 22.6 Å². The molecule has 0 radical (unpaired) electrons. The maximum Gasteiger partial charge on any atom is 0.266 e. The average Bonchev–Trinajstić information content (AvgIpc) is 3.39. The highest BCUT2D eigenvalue weighted by atomic mass is 127. The highest BCUT2D eigenvalue weighted by molar-refractivity contribution is 14.1. The second-order valence-electron chi connectivity index (χ2n) is 10.1. The van der Waals surface area contributed by atoms with Crippen LogP contribution in [-0.2, 0) is 0 Å². The second kappa shape index (κ2) is 8.63. The van der Waals surface area contributed by atoms with Crippen molar-refractivity contribution in [2.45, 2.75) is 51.4 Å². The van der Waals surface area contributed by atoms with Gasteiger partial charge in [-0.25, -0.2) is 18.7 Å². The Balaban J connectivity index is 1.30.